The lowest BCUT2D eigenvalue weighted by Gasteiger charge is -2.09. The monoisotopic (exact) mass is 410 g/mol. The number of nitrogens with zero attached hydrogens (tertiary/aromatic N) is 5. The van der Waals surface area contributed by atoms with Gasteiger partial charge in [-0.3, -0.25) is 9.78 Å². The first-order valence-electron chi connectivity index (χ1n) is 9.46. The molecule has 0 aliphatic heterocycles. The Morgan fingerprint density at radius 2 is 2.14 bits per heavy atom. The zero-order valence-corrected chi connectivity index (χ0v) is 17.4. The van der Waals surface area contributed by atoms with Crippen molar-refractivity contribution in [1.82, 2.24) is 25.1 Å². The summed E-state index contributed by atoms with van der Waals surface area (Å²) in [5.41, 5.74) is 2.30. The first-order chi connectivity index (χ1) is 14.0. The molecule has 3 heterocycles. The number of Topliss-reactive ketones (excluding diaryl/α,β-unsaturated/α-hetero) is 1. The quantitative estimate of drug-likeness (QED) is 0.564. The number of anilines is 1. The van der Waals surface area contributed by atoms with Crippen molar-refractivity contribution in [2.75, 3.05) is 11.9 Å². The van der Waals surface area contributed by atoms with Crippen molar-refractivity contribution in [3.8, 4) is 5.88 Å². The second-order valence-electron chi connectivity index (χ2n) is 7.22. The fourth-order valence-electron chi connectivity index (χ4n) is 3.02. The summed E-state index contributed by atoms with van der Waals surface area (Å²) in [7, 11) is 0. The molecule has 0 radical (unpaired) electrons. The predicted molar refractivity (Wildman–Crippen MR) is 109 cm³/mol. The number of hydrogen-bond donors (Lipinski definition) is 1. The fraction of sp³-hybridized carbons (Fsp3) is 0.400. The summed E-state index contributed by atoms with van der Waals surface area (Å²) < 4.78 is 5.93. The van der Waals surface area contributed by atoms with Crippen LogP contribution in [0.5, 0.6) is 5.88 Å². The van der Waals surface area contributed by atoms with Crippen molar-refractivity contribution in [1.29, 1.82) is 0 Å². The second kappa shape index (κ2) is 8.20. The molecule has 8 nitrogen and oxygen atoms in total. The Bertz CT molecular complexity index is 1020. The third-order valence-corrected chi connectivity index (χ3v) is 5.71. The van der Waals surface area contributed by atoms with Crippen molar-refractivity contribution in [2.45, 2.75) is 39.7 Å². The van der Waals surface area contributed by atoms with Gasteiger partial charge in [0.15, 0.2) is 10.8 Å². The summed E-state index contributed by atoms with van der Waals surface area (Å²) in [5, 5.41) is 12.2. The summed E-state index contributed by atoms with van der Waals surface area (Å²) in [6.07, 6.45) is 3.00. The van der Waals surface area contributed by atoms with E-state index in [0.29, 0.717) is 47.5 Å². The Kier molecular flexibility index (Phi) is 5.48. The molecule has 1 aliphatic rings. The number of aryl methyl sites for hydroxylation is 2. The lowest BCUT2D eigenvalue weighted by molar-refractivity contribution is 0.101. The summed E-state index contributed by atoms with van der Waals surface area (Å²) >= 11 is 1.28. The molecule has 0 spiro atoms. The minimum absolute atomic E-state index is 0.0819. The van der Waals surface area contributed by atoms with E-state index in [4.69, 9.17) is 4.74 Å². The third kappa shape index (κ3) is 4.92. The van der Waals surface area contributed by atoms with Crippen LogP contribution in [0.4, 0.5) is 5.82 Å². The molecule has 4 rings (SSSR count). The molecule has 0 aromatic carbocycles. The minimum Gasteiger partial charge on any atom is -0.477 e. The number of rotatable bonds is 8. The number of nitrogens with one attached hydrogen (secondary N) is 1. The molecule has 2 unspecified atom stereocenters. The largest absolute Gasteiger partial charge is 0.477 e. The second-order valence-corrected chi connectivity index (χ2v) is 8.29. The third-order valence-electron chi connectivity index (χ3n) is 4.69. The van der Waals surface area contributed by atoms with Crippen LogP contribution in [0.2, 0.25) is 0 Å². The van der Waals surface area contributed by atoms with Gasteiger partial charge in [0.25, 0.3) is 0 Å². The van der Waals surface area contributed by atoms with Gasteiger partial charge < -0.3 is 10.1 Å². The summed E-state index contributed by atoms with van der Waals surface area (Å²) in [4.78, 5) is 24.6. The van der Waals surface area contributed by atoms with Crippen molar-refractivity contribution < 1.29 is 9.53 Å². The highest BCUT2D eigenvalue weighted by Crippen LogP contribution is 2.46. The SMILES string of the molecule is CC(=O)c1nnc(CNc2cc(OCC3CC3c3ccc(C)cn3)nc(C)n2)s1. The Morgan fingerprint density at radius 3 is 2.86 bits per heavy atom. The highest BCUT2D eigenvalue weighted by molar-refractivity contribution is 7.13. The maximum Gasteiger partial charge on any atom is 0.218 e. The van der Waals surface area contributed by atoms with Crippen molar-refractivity contribution in [2.24, 2.45) is 5.92 Å². The van der Waals surface area contributed by atoms with Crippen LogP contribution in [0.25, 0.3) is 0 Å². The number of hydrogen-bond acceptors (Lipinski definition) is 9. The molecule has 29 heavy (non-hydrogen) atoms. The van der Waals surface area contributed by atoms with E-state index >= 15 is 0 Å². The van der Waals surface area contributed by atoms with Crippen LogP contribution in [-0.2, 0) is 6.54 Å². The van der Waals surface area contributed by atoms with Gasteiger partial charge in [-0.15, -0.1) is 10.2 Å². The highest BCUT2D eigenvalue weighted by atomic mass is 32.1. The molecule has 150 valence electrons. The Balaban J connectivity index is 1.32. The van der Waals surface area contributed by atoms with E-state index in [1.807, 2.05) is 20.0 Å². The van der Waals surface area contributed by atoms with Crippen LogP contribution >= 0.6 is 11.3 Å². The molecule has 1 fully saturated rings. The van der Waals surface area contributed by atoms with Crippen LogP contribution < -0.4 is 10.1 Å². The van der Waals surface area contributed by atoms with Crippen LogP contribution in [-0.4, -0.2) is 37.5 Å². The minimum atomic E-state index is -0.0819. The molecule has 3 aromatic rings. The van der Waals surface area contributed by atoms with E-state index in [0.717, 1.165) is 17.1 Å². The van der Waals surface area contributed by atoms with Gasteiger partial charge in [-0.05, 0) is 31.9 Å². The van der Waals surface area contributed by atoms with E-state index in [-0.39, 0.29) is 5.78 Å². The molecule has 0 amide bonds. The van der Waals surface area contributed by atoms with E-state index in [1.54, 1.807) is 6.07 Å². The summed E-state index contributed by atoms with van der Waals surface area (Å²) in [5.74, 6) is 2.66. The topological polar surface area (TPSA) is 103 Å². The zero-order chi connectivity index (χ0) is 20.4. The van der Waals surface area contributed by atoms with Gasteiger partial charge >= 0.3 is 0 Å². The number of aromatic nitrogens is 5. The highest BCUT2D eigenvalue weighted by Gasteiger charge is 2.40. The fourth-order valence-corrected chi connectivity index (χ4v) is 3.70. The molecule has 0 bridgehead atoms. The van der Waals surface area contributed by atoms with Gasteiger partial charge in [-0.2, -0.15) is 4.98 Å². The van der Waals surface area contributed by atoms with E-state index in [9.17, 15) is 4.79 Å². The lowest BCUT2D eigenvalue weighted by Crippen LogP contribution is -2.07. The lowest BCUT2D eigenvalue weighted by atomic mass is 10.2. The van der Waals surface area contributed by atoms with E-state index in [1.165, 1.54) is 23.8 Å². The van der Waals surface area contributed by atoms with Gasteiger partial charge in [0.2, 0.25) is 5.88 Å². The van der Waals surface area contributed by atoms with Gasteiger partial charge in [0, 0.05) is 36.7 Å². The van der Waals surface area contributed by atoms with Crippen LogP contribution in [0.15, 0.2) is 24.4 Å². The van der Waals surface area contributed by atoms with Gasteiger partial charge in [-0.1, -0.05) is 17.4 Å². The number of ketones is 1. The molecule has 3 aromatic heterocycles. The van der Waals surface area contributed by atoms with Gasteiger partial charge in [-0.25, -0.2) is 4.98 Å². The molecular weight excluding hydrogens is 388 g/mol. The number of pyridine rings is 1. The number of ether oxygens (including phenoxy) is 1. The smallest absolute Gasteiger partial charge is 0.218 e. The molecular formula is C20H22N6O2S. The first-order valence-corrected chi connectivity index (χ1v) is 10.3. The Hall–Kier alpha value is -2.94. The number of carbonyl (C=O) groups excluding carboxylic acids is 1. The van der Waals surface area contributed by atoms with Crippen LogP contribution in [0.1, 0.15) is 51.2 Å². The maximum absolute atomic E-state index is 11.3. The average Bonchev–Trinajstić information content (AvgIpc) is 3.30. The molecule has 9 heteroatoms. The molecule has 0 saturated heterocycles. The average molecular weight is 411 g/mol. The van der Waals surface area contributed by atoms with E-state index in [2.05, 4.69) is 42.6 Å². The zero-order valence-electron chi connectivity index (χ0n) is 16.5. The maximum atomic E-state index is 11.3. The standard InChI is InChI=1S/C20H22N6O2S/c1-11-4-5-16(21-8-11)15-6-14(15)10-28-18-7-17(23-13(3)24-18)22-9-19-25-26-20(29-19)12(2)27/h4-5,7-8,14-15H,6,9-10H2,1-3H3,(H,22,23,24). The Morgan fingerprint density at radius 1 is 1.28 bits per heavy atom. The Labute approximate surface area is 172 Å². The molecule has 1 N–H and O–H groups in total. The number of carbonyl (C=O) groups is 1. The van der Waals surface area contributed by atoms with Crippen molar-refractivity contribution in [3.63, 3.8) is 0 Å². The normalized spacial score (nSPS) is 17.8. The van der Waals surface area contributed by atoms with E-state index < -0.39 is 0 Å². The molecule has 1 aliphatic carbocycles. The summed E-state index contributed by atoms with van der Waals surface area (Å²) in [6.45, 7) is 6.39. The van der Waals surface area contributed by atoms with Gasteiger partial charge in [0.05, 0.1) is 13.2 Å². The molecule has 1 saturated carbocycles. The van der Waals surface area contributed by atoms with Crippen LogP contribution in [0.3, 0.4) is 0 Å². The summed E-state index contributed by atoms with van der Waals surface area (Å²) in [6, 6.07) is 5.98. The van der Waals surface area contributed by atoms with Crippen molar-refractivity contribution in [3.05, 3.63) is 51.5 Å². The van der Waals surface area contributed by atoms with Crippen LogP contribution in [0, 0.1) is 19.8 Å². The van der Waals surface area contributed by atoms with Gasteiger partial charge in [0.1, 0.15) is 16.6 Å². The first kappa shape index (κ1) is 19.4. The van der Waals surface area contributed by atoms with Crippen molar-refractivity contribution >= 4 is 22.9 Å². The predicted octanol–water partition coefficient (Wildman–Crippen LogP) is 3.34. The molecule has 2 atom stereocenters.